The van der Waals surface area contributed by atoms with E-state index >= 15 is 0 Å². The molecule has 0 aliphatic carbocycles. The highest BCUT2D eigenvalue weighted by molar-refractivity contribution is 5.55. The first-order valence-electron chi connectivity index (χ1n) is 5.04. The van der Waals surface area contributed by atoms with E-state index in [1.807, 2.05) is 0 Å². The Bertz CT molecular complexity index is 515. The molecule has 90 valence electrons. The van der Waals surface area contributed by atoms with E-state index in [0.29, 0.717) is 29.2 Å². The van der Waals surface area contributed by atoms with Gasteiger partial charge in [0.05, 0.1) is 7.11 Å². The maximum atomic E-state index is 5.63. The number of hydrogen-bond acceptors (Lipinski definition) is 6. The van der Waals surface area contributed by atoms with E-state index in [1.54, 1.807) is 37.9 Å². The number of ether oxygens (including phenoxy) is 1. The minimum Gasteiger partial charge on any atom is -0.481 e. The number of methoxy groups -OCH3 is 1. The third-order valence-electron chi connectivity index (χ3n) is 2.16. The van der Waals surface area contributed by atoms with Gasteiger partial charge in [-0.25, -0.2) is 14.6 Å². The third kappa shape index (κ3) is 2.44. The highest BCUT2D eigenvalue weighted by Gasteiger charge is 2.06. The van der Waals surface area contributed by atoms with E-state index in [-0.39, 0.29) is 0 Å². The van der Waals surface area contributed by atoms with Crippen LogP contribution in [0.1, 0.15) is 5.82 Å². The highest BCUT2D eigenvalue weighted by atomic mass is 16.5. The number of nitrogens with one attached hydrogen (secondary N) is 1. The number of aryl methyl sites for hydroxylation is 2. The summed E-state index contributed by atoms with van der Waals surface area (Å²) in [6, 6.07) is 3.42. The smallest absolute Gasteiger partial charge is 0.213 e. The van der Waals surface area contributed by atoms with E-state index < -0.39 is 0 Å². The molecule has 2 aromatic heterocycles. The molecule has 0 fully saturated rings. The maximum absolute atomic E-state index is 5.63. The summed E-state index contributed by atoms with van der Waals surface area (Å²) in [5.74, 6) is 2.93. The van der Waals surface area contributed by atoms with E-state index in [4.69, 9.17) is 10.5 Å². The van der Waals surface area contributed by atoms with Crippen molar-refractivity contribution in [2.24, 2.45) is 7.05 Å². The van der Waals surface area contributed by atoms with Gasteiger partial charge in [-0.1, -0.05) is 0 Å². The van der Waals surface area contributed by atoms with Crippen LogP contribution < -0.4 is 15.8 Å². The Morgan fingerprint density at radius 1 is 1.29 bits per heavy atom. The largest absolute Gasteiger partial charge is 0.481 e. The Kier molecular flexibility index (Phi) is 2.82. The quantitative estimate of drug-likeness (QED) is 0.818. The molecule has 0 radical (unpaired) electrons. The van der Waals surface area contributed by atoms with Gasteiger partial charge in [-0.2, -0.15) is 5.10 Å². The summed E-state index contributed by atoms with van der Waals surface area (Å²) in [6.45, 7) is 1.78. The van der Waals surface area contributed by atoms with Gasteiger partial charge in [-0.3, -0.25) is 0 Å². The lowest BCUT2D eigenvalue weighted by molar-refractivity contribution is 0.373. The number of nitrogens with zero attached hydrogens (tertiary/aromatic N) is 4. The van der Waals surface area contributed by atoms with Crippen LogP contribution in [0.3, 0.4) is 0 Å². The molecular formula is C10H14N6O. The molecule has 0 aromatic carbocycles. The summed E-state index contributed by atoms with van der Waals surface area (Å²) in [5.41, 5.74) is 5.63. The molecule has 7 nitrogen and oxygen atoms in total. The predicted molar refractivity (Wildman–Crippen MR) is 64.2 cm³/mol. The Morgan fingerprint density at radius 2 is 2.06 bits per heavy atom. The molecule has 0 aliphatic heterocycles. The number of nitrogen functional groups attached to an aromatic ring is 1. The van der Waals surface area contributed by atoms with Crippen molar-refractivity contribution in [3.8, 4) is 5.88 Å². The minimum atomic E-state index is 0.419. The fourth-order valence-corrected chi connectivity index (χ4v) is 1.49. The fraction of sp³-hybridized carbons (Fsp3) is 0.300. The lowest BCUT2D eigenvalue weighted by Crippen LogP contribution is -2.01. The van der Waals surface area contributed by atoms with Gasteiger partial charge in [0, 0.05) is 19.2 Å². The van der Waals surface area contributed by atoms with Crippen molar-refractivity contribution in [1.29, 1.82) is 0 Å². The molecule has 2 rings (SSSR count). The molecule has 3 N–H and O–H groups in total. The summed E-state index contributed by atoms with van der Waals surface area (Å²) in [4.78, 5) is 8.19. The van der Waals surface area contributed by atoms with Crippen molar-refractivity contribution >= 4 is 17.5 Å². The summed E-state index contributed by atoms with van der Waals surface area (Å²) >= 11 is 0. The van der Waals surface area contributed by atoms with Crippen LogP contribution in [0.5, 0.6) is 5.88 Å². The minimum absolute atomic E-state index is 0.419. The average molecular weight is 234 g/mol. The number of nitrogens with two attached hydrogens (primary N) is 1. The molecule has 0 bridgehead atoms. The van der Waals surface area contributed by atoms with Crippen LogP contribution in [-0.2, 0) is 7.05 Å². The molecule has 0 spiro atoms. The van der Waals surface area contributed by atoms with Gasteiger partial charge in [0.1, 0.15) is 17.5 Å². The van der Waals surface area contributed by atoms with Crippen LogP contribution in [0.15, 0.2) is 12.1 Å². The van der Waals surface area contributed by atoms with Crippen molar-refractivity contribution in [3.05, 3.63) is 18.0 Å². The molecule has 0 aliphatic rings. The van der Waals surface area contributed by atoms with E-state index in [1.165, 1.54) is 0 Å². The van der Waals surface area contributed by atoms with E-state index in [9.17, 15) is 0 Å². The molecule has 17 heavy (non-hydrogen) atoms. The normalized spacial score (nSPS) is 10.3. The van der Waals surface area contributed by atoms with Gasteiger partial charge in [0.2, 0.25) is 5.88 Å². The zero-order valence-electron chi connectivity index (χ0n) is 9.93. The molecule has 0 saturated heterocycles. The van der Waals surface area contributed by atoms with Gasteiger partial charge in [0.15, 0.2) is 5.82 Å². The van der Waals surface area contributed by atoms with Crippen LogP contribution >= 0.6 is 0 Å². The molecule has 0 atom stereocenters. The first-order chi connectivity index (χ1) is 8.08. The monoisotopic (exact) mass is 234 g/mol. The van der Waals surface area contributed by atoms with Crippen LogP contribution in [0.25, 0.3) is 0 Å². The molecular weight excluding hydrogens is 220 g/mol. The molecule has 2 heterocycles. The zero-order valence-corrected chi connectivity index (χ0v) is 9.93. The highest BCUT2D eigenvalue weighted by Crippen LogP contribution is 2.19. The van der Waals surface area contributed by atoms with Gasteiger partial charge >= 0.3 is 0 Å². The van der Waals surface area contributed by atoms with Crippen LogP contribution in [0.2, 0.25) is 0 Å². The zero-order chi connectivity index (χ0) is 12.4. The molecule has 0 amide bonds. The Labute approximate surface area is 98.6 Å². The van der Waals surface area contributed by atoms with E-state index in [2.05, 4.69) is 20.4 Å². The van der Waals surface area contributed by atoms with Crippen molar-refractivity contribution in [2.45, 2.75) is 6.92 Å². The Hall–Kier alpha value is -2.31. The summed E-state index contributed by atoms with van der Waals surface area (Å²) in [6.07, 6.45) is 0. The Morgan fingerprint density at radius 3 is 2.65 bits per heavy atom. The van der Waals surface area contributed by atoms with Crippen molar-refractivity contribution in [3.63, 3.8) is 0 Å². The molecule has 2 aromatic rings. The summed E-state index contributed by atoms with van der Waals surface area (Å²) in [5, 5.41) is 7.25. The van der Waals surface area contributed by atoms with Gasteiger partial charge < -0.3 is 15.8 Å². The second kappa shape index (κ2) is 4.28. The average Bonchev–Trinajstić information content (AvgIpc) is 2.57. The molecule has 7 heteroatoms. The first kappa shape index (κ1) is 11.2. The van der Waals surface area contributed by atoms with Crippen molar-refractivity contribution < 1.29 is 4.74 Å². The summed E-state index contributed by atoms with van der Waals surface area (Å²) < 4.78 is 6.74. The van der Waals surface area contributed by atoms with Crippen LogP contribution in [0, 0.1) is 6.92 Å². The van der Waals surface area contributed by atoms with Gasteiger partial charge in [-0.05, 0) is 6.92 Å². The van der Waals surface area contributed by atoms with Crippen LogP contribution in [-0.4, -0.2) is 26.9 Å². The van der Waals surface area contributed by atoms with Gasteiger partial charge in [-0.15, -0.1) is 0 Å². The number of rotatable bonds is 3. The topological polar surface area (TPSA) is 90.9 Å². The number of hydrogen-bond donors (Lipinski definition) is 2. The first-order valence-corrected chi connectivity index (χ1v) is 5.04. The van der Waals surface area contributed by atoms with Crippen LogP contribution in [0.4, 0.5) is 17.5 Å². The van der Waals surface area contributed by atoms with Crippen molar-refractivity contribution in [1.82, 2.24) is 19.7 Å². The lowest BCUT2D eigenvalue weighted by Gasteiger charge is -2.03. The fourth-order valence-electron chi connectivity index (χ4n) is 1.49. The van der Waals surface area contributed by atoms with E-state index in [0.717, 1.165) is 0 Å². The molecule has 0 saturated carbocycles. The third-order valence-corrected chi connectivity index (χ3v) is 2.16. The number of aromatic nitrogens is 4. The number of anilines is 3. The standard InChI is InChI=1S/C10H14N6O/c1-6-12-7(11)4-8(13-6)14-9-5-10(17-3)16(2)15-9/h4-5H,1-3H3,(H3,11,12,13,14,15). The Balaban J connectivity index is 2.24. The SMILES string of the molecule is COc1cc(Nc2cc(N)nc(C)n2)nn1C. The maximum Gasteiger partial charge on any atom is 0.213 e. The van der Waals surface area contributed by atoms with Crippen molar-refractivity contribution in [2.75, 3.05) is 18.2 Å². The second-order valence-corrected chi connectivity index (χ2v) is 3.55. The summed E-state index contributed by atoms with van der Waals surface area (Å²) in [7, 11) is 3.39. The predicted octanol–water partition coefficient (Wildman–Crippen LogP) is 0.853. The second-order valence-electron chi connectivity index (χ2n) is 3.55. The van der Waals surface area contributed by atoms with Gasteiger partial charge in [0.25, 0.3) is 0 Å². The molecule has 0 unspecified atom stereocenters. The lowest BCUT2D eigenvalue weighted by atomic mass is 10.5.